The van der Waals surface area contributed by atoms with E-state index in [4.69, 9.17) is 16.6 Å². The van der Waals surface area contributed by atoms with E-state index in [0.717, 1.165) is 23.7 Å². The van der Waals surface area contributed by atoms with E-state index in [1.165, 1.54) is 22.3 Å². The summed E-state index contributed by atoms with van der Waals surface area (Å²) < 4.78 is 0. The van der Waals surface area contributed by atoms with Crippen LogP contribution in [0.25, 0.3) is 11.3 Å². The first-order valence-electron chi connectivity index (χ1n) is 9.06. The van der Waals surface area contributed by atoms with Crippen LogP contribution >= 0.6 is 11.6 Å². The molecular weight excluding hydrogens is 342 g/mol. The Labute approximate surface area is 159 Å². The van der Waals surface area contributed by atoms with Gasteiger partial charge < -0.3 is 5.32 Å². The molecule has 0 fully saturated rings. The smallest absolute Gasteiger partial charge is 0.223 e. The molecule has 2 aromatic carbocycles. The molecule has 1 heterocycles. The fraction of sp³-hybridized carbons (Fsp3) is 0.273. The molecule has 4 rings (SSSR count). The third-order valence-corrected chi connectivity index (χ3v) is 5.07. The molecule has 1 aromatic heterocycles. The summed E-state index contributed by atoms with van der Waals surface area (Å²) in [5.74, 6) is 1.56. The maximum absolute atomic E-state index is 6.07. The Bertz CT molecular complexity index is 919. The predicted molar refractivity (Wildman–Crippen MR) is 108 cm³/mol. The highest BCUT2D eigenvalue weighted by atomic mass is 35.5. The molecule has 0 radical (unpaired) electrons. The van der Waals surface area contributed by atoms with E-state index in [-0.39, 0.29) is 0 Å². The topological polar surface area (TPSA) is 37.8 Å². The summed E-state index contributed by atoms with van der Waals surface area (Å²) in [4.78, 5) is 9.36. The second kappa shape index (κ2) is 7.08. The zero-order valence-corrected chi connectivity index (χ0v) is 15.8. The van der Waals surface area contributed by atoms with Crippen molar-refractivity contribution in [2.45, 2.75) is 26.2 Å². The number of benzene rings is 2. The van der Waals surface area contributed by atoms with Crippen molar-refractivity contribution in [1.29, 1.82) is 0 Å². The number of hydrogen-bond donors (Lipinski definition) is 1. The van der Waals surface area contributed by atoms with Crippen LogP contribution in [0.2, 0.25) is 5.02 Å². The Hall–Kier alpha value is -2.39. The SMILES string of the molecule is CC(C)CNc1ncc2c(n1)-c1ccccc1C(c1ccc(Cl)cc1)C2. The van der Waals surface area contributed by atoms with Gasteiger partial charge in [0.05, 0.1) is 5.69 Å². The Kier molecular flexibility index (Phi) is 4.64. The summed E-state index contributed by atoms with van der Waals surface area (Å²) >= 11 is 6.07. The molecule has 0 saturated heterocycles. The standard InChI is InChI=1S/C22H22ClN3/c1-14(2)12-24-22-25-13-16-11-20(15-7-9-17(23)10-8-15)18-5-3-4-6-19(18)21(16)26-22/h3-10,13-14,20H,11-12H2,1-2H3,(H,24,25,26). The van der Waals surface area contributed by atoms with Crippen molar-refractivity contribution in [2.24, 2.45) is 5.92 Å². The van der Waals surface area contributed by atoms with Crippen molar-refractivity contribution in [3.63, 3.8) is 0 Å². The zero-order chi connectivity index (χ0) is 18.1. The minimum absolute atomic E-state index is 0.300. The van der Waals surface area contributed by atoms with Gasteiger partial charge in [0, 0.05) is 29.2 Å². The number of anilines is 1. The van der Waals surface area contributed by atoms with Crippen molar-refractivity contribution >= 4 is 17.5 Å². The van der Waals surface area contributed by atoms with Gasteiger partial charge in [-0.25, -0.2) is 9.97 Å². The van der Waals surface area contributed by atoms with Crippen molar-refractivity contribution in [3.05, 3.63) is 76.4 Å². The van der Waals surface area contributed by atoms with Crippen LogP contribution in [0.5, 0.6) is 0 Å². The Morgan fingerprint density at radius 1 is 1.12 bits per heavy atom. The van der Waals surface area contributed by atoms with Crippen LogP contribution in [0.15, 0.2) is 54.7 Å². The summed E-state index contributed by atoms with van der Waals surface area (Å²) in [6.45, 7) is 5.22. The molecule has 26 heavy (non-hydrogen) atoms. The van der Waals surface area contributed by atoms with Gasteiger partial charge in [0.25, 0.3) is 0 Å². The van der Waals surface area contributed by atoms with E-state index in [1.54, 1.807) is 0 Å². The van der Waals surface area contributed by atoms with Gasteiger partial charge in [-0.3, -0.25) is 0 Å². The van der Waals surface area contributed by atoms with Gasteiger partial charge in [-0.2, -0.15) is 0 Å². The minimum Gasteiger partial charge on any atom is -0.354 e. The van der Waals surface area contributed by atoms with E-state index in [2.05, 4.69) is 60.5 Å². The Morgan fingerprint density at radius 3 is 2.65 bits per heavy atom. The minimum atomic E-state index is 0.300. The molecule has 4 heteroatoms. The van der Waals surface area contributed by atoms with E-state index < -0.39 is 0 Å². The molecule has 1 aliphatic carbocycles. The van der Waals surface area contributed by atoms with Gasteiger partial charge in [0.2, 0.25) is 5.95 Å². The first-order valence-corrected chi connectivity index (χ1v) is 9.44. The van der Waals surface area contributed by atoms with Gasteiger partial charge in [-0.15, -0.1) is 0 Å². The number of rotatable bonds is 4. The third-order valence-electron chi connectivity index (χ3n) is 4.82. The van der Waals surface area contributed by atoms with Crippen LogP contribution in [0.4, 0.5) is 5.95 Å². The quantitative estimate of drug-likeness (QED) is 0.660. The first kappa shape index (κ1) is 17.0. The number of fused-ring (bicyclic) bond motifs is 3. The number of aromatic nitrogens is 2. The normalized spacial score (nSPS) is 15.5. The largest absolute Gasteiger partial charge is 0.354 e. The summed E-state index contributed by atoms with van der Waals surface area (Å²) in [5, 5.41) is 4.10. The Morgan fingerprint density at radius 2 is 1.88 bits per heavy atom. The lowest BCUT2D eigenvalue weighted by Crippen LogP contribution is -2.16. The molecule has 132 valence electrons. The third kappa shape index (κ3) is 3.32. The fourth-order valence-corrected chi connectivity index (χ4v) is 3.63. The van der Waals surface area contributed by atoms with Crippen LogP contribution < -0.4 is 5.32 Å². The molecule has 0 amide bonds. The number of hydrogen-bond acceptors (Lipinski definition) is 3. The molecule has 0 spiro atoms. The summed E-state index contributed by atoms with van der Waals surface area (Å²) in [6.07, 6.45) is 2.88. The number of halogens is 1. The summed E-state index contributed by atoms with van der Waals surface area (Å²) in [5.41, 5.74) is 6.03. The van der Waals surface area contributed by atoms with E-state index in [9.17, 15) is 0 Å². The van der Waals surface area contributed by atoms with Crippen LogP contribution in [0, 0.1) is 5.92 Å². The molecule has 0 saturated carbocycles. The molecular formula is C22H22ClN3. The molecule has 3 aromatic rings. The zero-order valence-electron chi connectivity index (χ0n) is 15.0. The highest BCUT2D eigenvalue weighted by Gasteiger charge is 2.27. The molecule has 1 N–H and O–H groups in total. The van der Waals surface area contributed by atoms with Crippen molar-refractivity contribution < 1.29 is 0 Å². The molecule has 1 atom stereocenters. The van der Waals surface area contributed by atoms with Gasteiger partial charge in [0.1, 0.15) is 0 Å². The van der Waals surface area contributed by atoms with Crippen LogP contribution in [-0.2, 0) is 6.42 Å². The van der Waals surface area contributed by atoms with E-state index in [0.29, 0.717) is 17.8 Å². The van der Waals surface area contributed by atoms with Gasteiger partial charge >= 0.3 is 0 Å². The van der Waals surface area contributed by atoms with E-state index in [1.807, 2.05) is 18.3 Å². The lowest BCUT2D eigenvalue weighted by atomic mass is 9.78. The molecule has 1 aliphatic rings. The monoisotopic (exact) mass is 363 g/mol. The lowest BCUT2D eigenvalue weighted by molar-refractivity contribution is 0.684. The van der Waals surface area contributed by atoms with Crippen LogP contribution in [0.3, 0.4) is 0 Å². The van der Waals surface area contributed by atoms with E-state index >= 15 is 0 Å². The molecule has 1 unspecified atom stereocenters. The molecule has 0 aliphatic heterocycles. The Balaban J connectivity index is 1.75. The predicted octanol–water partition coefficient (Wildman–Crippen LogP) is 5.55. The molecule has 0 bridgehead atoms. The lowest BCUT2D eigenvalue weighted by Gasteiger charge is -2.27. The average molecular weight is 364 g/mol. The second-order valence-electron chi connectivity index (χ2n) is 7.24. The van der Waals surface area contributed by atoms with Gasteiger partial charge in [-0.1, -0.05) is 61.8 Å². The number of nitrogens with zero attached hydrogens (tertiary/aromatic N) is 2. The van der Waals surface area contributed by atoms with Crippen LogP contribution in [0.1, 0.15) is 36.5 Å². The molecule has 3 nitrogen and oxygen atoms in total. The fourth-order valence-electron chi connectivity index (χ4n) is 3.51. The van der Waals surface area contributed by atoms with Crippen molar-refractivity contribution in [1.82, 2.24) is 9.97 Å². The van der Waals surface area contributed by atoms with Crippen LogP contribution in [-0.4, -0.2) is 16.5 Å². The highest BCUT2D eigenvalue weighted by Crippen LogP contribution is 2.41. The summed E-state index contributed by atoms with van der Waals surface area (Å²) in [7, 11) is 0. The number of nitrogens with one attached hydrogen (secondary N) is 1. The maximum atomic E-state index is 6.07. The van der Waals surface area contributed by atoms with Crippen molar-refractivity contribution in [3.8, 4) is 11.3 Å². The van der Waals surface area contributed by atoms with Gasteiger partial charge in [-0.05, 0) is 41.2 Å². The van der Waals surface area contributed by atoms with Gasteiger partial charge in [0.15, 0.2) is 0 Å². The average Bonchev–Trinajstić information content (AvgIpc) is 2.66. The highest BCUT2D eigenvalue weighted by molar-refractivity contribution is 6.30. The maximum Gasteiger partial charge on any atom is 0.223 e. The second-order valence-corrected chi connectivity index (χ2v) is 7.67. The first-order chi connectivity index (χ1) is 12.6. The summed E-state index contributed by atoms with van der Waals surface area (Å²) in [6, 6.07) is 16.7. The van der Waals surface area contributed by atoms with Crippen molar-refractivity contribution in [2.75, 3.05) is 11.9 Å².